The van der Waals surface area contributed by atoms with E-state index < -0.39 is 5.41 Å². The molecule has 0 saturated heterocycles. The highest BCUT2D eigenvalue weighted by molar-refractivity contribution is 7.22. The lowest BCUT2D eigenvalue weighted by atomic mass is 9.67. The first-order valence-corrected chi connectivity index (χ1v) is 18.4. The molecule has 1 aliphatic rings. The lowest BCUT2D eigenvalue weighted by Gasteiger charge is -2.33. The van der Waals surface area contributed by atoms with Crippen LogP contribution in [0.5, 0.6) is 0 Å². The van der Waals surface area contributed by atoms with Crippen LogP contribution in [0.3, 0.4) is 0 Å². The van der Waals surface area contributed by atoms with Crippen LogP contribution in [0.15, 0.2) is 188 Å². The summed E-state index contributed by atoms with van der Waals surface area (Å²) in [6, 6.07) is 66.8. The van der Waals surface area contributed by atoms with Crippen LogP contribution in [-0.2, 0) is 5.41 Å². The van der Waals surface area contributed by atoms with Gasteiger partial charge < -0.3 is 0 Å². The van der Waals surface area contributed by atoms with Crippen molar-refractivity contribution in [2.24, 2.45) is 0 Å². The fourth-order valence-electron chi connectivity index (χ4n) is 8.05. The van der Waals surface area contributed by atoms with Crippen LogP contribution in [-0.4, -0.2) is 15.0 Å². The molecule has 0 aliphatic heterocycles. The zero-order chi connectivity index (χ0) is 34.5. The summed E-state index contributed by atoms with van der Waals surface area (Å²) in [6.45, 7) is 0. The number of thiophene rings is 1. The Morgan fingerprint density at radius 2 is 0.904 bits per heavy atom. The summed E-state index contributed by atoms with van der Waals surface area (Å²) < 4.78 is 1.20. The number of hydrogen-bond acceptors (Lipinski definition) is 4. The second-order valence-electron chi connectivity index (χ2n) is 13.1. The number of nitrogens with zero attached hydrogens (tertiary/aromatic N) is 3. The number of fused-ring (bicyclic) bond motifs is 4. The molecule has 0 bridgehead atoms. The minimum Gasteiger partial charge on any atom is -0.208 e. The van der Waals surface area contributed by atoms with Gasteiger partial charge in [0.05, 0.1) is 10.3 Å². The monoisotopic (exact) mass is 681 g/mol. The topological polar surface area (TPSA) is 38.7 Å². The molecule has 9 aromatic rings. The van der Waals surface area contributed by atoms with Gasteiger partial charge in [-0.05, 0) is 62.0 Å². The second-order valence-corrected chi connectivity index (χ2v) is 14.2. The first-order chi connectivity index (χ1) is 25.8. The Morgan fingerprint density at radius 3 is 1.62 bits per heavy atom. The van der Waals surface area contributed by atoms with Gasteiger partial charge in [-0.3, -0.25) is 0 Å². The number of rotatable bonds is 6. The SMILES string of the molecule is c1ccc(-c2ccccc2-c2nc(-c3cc4ccccc4s3)nc(-c3cccc4c3-c3ccccc3C4(c3ccccc3)c3ccccc3)n2)cc1. The van der Waals surface area contributed by atoms with E-state index in [4.69, 9.17) is 15.0 Å². The summed E-state index contributed by atoms with van der Waals surface area (Å²) >= 11 is 1.71. The van der Waals surface area contributed by atoms with Crippen molar-refractivity contribution < 1.29 is 0 Å². The van der Waals surface area contributed by atoms with Gasteiger partial charge in [-0.2, -0.15) is 0 Å². The quantitative estimate of drug-likeness (QED) is 0.175. The average Bonchev–Trinajstić information content (AvgIpc) is 3.80. The highest BCUT2D eigenvalue weighted by Gasteiger charge is 2.47. The Labute approximate surface area is 306 Å². The van der Waals surface area contributed by atoms with Crippen LogP contribution in [0, 0.1) is 0 Å². The molecule has 3 nitrogen and oxygen atoms in total. The zero-order valence-electron chi connectivity index (χ0n) is 28.1. The van der Waals surface area contributed by atoms with E-state index in [0.29, 0.717) is 17.5 Å². The fourth-order valence-corrected chi connectivity index (χ4v) is 9.04. The Bertz CT molecular complexity index is 2660. The summed E-state index contributed by atoms with van der Waals surface area (Å²) in [5.74, 6) is 1.98. The van der Waals surface area contributed by atoms with E-state index in [1.807, 2.05) is 6.07 Å². The van der Waals surface area contributed by atoms with Crippen molar-refractivity contribution in [1.29, 1.82) is 0 Å². The summed E-state index contributed by atoms with van der Waals surface area (Å²) in [7, 11) is 0. The molecule has 0 amide bonds. The molecule has 1 aliphatic carbocycles. The molecule has 10 rings (SSSR count). The van der Waals surface area contributed by atoms with Crippen molar-refractivity contribution in [3.8, 4) is 55.7 Å². The van der Waals surface area contributed by atoms with Gasteiger partial charge in [-0.1, -0.05) is 176 Å². The highest BCUT2D eigenvalue weighted by atomic mass is 32.1. The Kier molecular flexibility index (Phi) is 7.22. The Balaban J connectivity index is 1.27. The van der Waals surface area contributed by atoms with Gasteiger partial charge in [0, 0.05) is 15.8 Å². The maximum atomic E-state index is 5.37. The molecule has 7 aromatic carbocycles. The van der Waals surface area contributed by atoms with Crippen molar-refractivity contribution >= 4 is 21.4 Å². The smallest absolute Gasteiger partial charge is 0.174 e. The van der Waals surface area contributed by atoms with Crippen LogP contribution in [0.4, 0.5) is 0 Å². The average molecular weight is 682 g/mol. The largest absolute Gasteiger partial charge is 0.208 e. The standard InChI is InChI=1S/C48H31N3S/c1-4-17-32(18-5-1)36-24-11-12-25-37(36)45-49-46(51-47(50-45)43-31-33-19-10-15-30-42(33)52-43)39-27-16-29-41-44(39)38-26-13-14-28-40(38)48(41,34-20-6-2-7-21-34)35-22-8-3-9-23-35/h1-31H. The molecule has 0 radical (unpaired) electrons. The molecule has 52 heavy (non-hydrogen) atoms. The maximum absolute atomic E-state index is 5.37. The molecule has 0 fully saturated rings. The minimum absolute atomic E-state index is 0.519. The third-order valence-corrected chi connectivity index (χ3v) is 11.4. The predicted octanol–water partition coefficient (Wildman–Crippen LogP) is 12.1. The number of aromatic nitrogens is 3. The van der Waals surface area contributed by atoms with Gasteiger partial charge in [0.15, 0.2) is 17.5 Å². The second kappa shape index (κ2) is 12.4. The summed E-state index contributed by atoms with van der Waals surface area (Å²) in [6.07, 6.45) is 0. The lowest BCUT2D eigenvalue weighted by Crippen LogP contribution is -2.28. The zero-order valence-corrected chi connectivity index (χ0v) is 29.0. The van der Waals surface area contributed by atoms with E-state index in [2.05, 4.69) is 182 Å². The van der Waals surface area contributed by atoms with E-state index in [1.165, 1.54) is 37.9 Å². The van der Waals surface area contributed by atoms with E-state index in [-0.39, 0.29) is 0 Å². The molecule has 0 spiro atoms. The molecular formula is C48H31N3S. The van der Waals surface area contributed by atoms with Crippen LogP contribution in [0.25, 0.3) is 65.8 Å². The fraction of sp³-hybridized carbons (Fsp3) is 0.0208. The molecule has 0 atom stereocenters. The highest BCUT2D eigenvalue weighted by Crippen LogP contribution is 2.58. The normalized spacial score (nSPS) is 12.8. The van der Waals surface area contributed by atoms with Gasteiger partial charge in [0.1, 0.15) is 0 Å². The molecule has 0 saturated carbocycles. The maximum Gasteiger partial charge on any atom is 0.174 e. The third kappa shape index (κ3) is 4.76. The van der Waals surface area contributed by atoms with Crippen molar-refractivity contribution in [3.63, 3.8) is 0 Å². The summed E-state index contributed by atoms with van der Waals surface area (Å²) in [4.78, 5) is 16.9. The molecular weight excluding hydrogens is 651 g/mol. The van der Waals surface area contributed by atoms with Crippen LogP contribution >= 0.6 is 11.3 Å². The Morgan fingerprint density at radius 1 is 0.385 bits per heavy atom. The molecule has 0 N–H and O–H groups in total. The van der Waals surface area contributed by atoms with Crippen LogP contribution in [0.1, 0.15) is 22.3 Å². The predicted molar refractivity (Wildman–Crippen MR) is 214 cm³/mol. The first kappa shape index (κ1) is 30.3. The van der Waals surface area contributed by atoms with Gasteiger partial charge in [-0.15, -0.1) is 11.3 Å². The molecule has 4 heteroatoms. The molecule has 2 heterocycles. The van der Waals surface area contributed by atoms with Crippen molar-refractivity contribution in [3.05, 3.63) is 210 Å². The molecule has 0 unspecified atom stereocenters. The lowest BCUT2D eigenvalue weighted by molar-refractivity contribution is 0.768. The Hall–Kier alpha value is -6.49. The van der Waals surface area contributed by atoms with Gasteiger partial charge in [0.25, 0.3) is 0 Å². The molecule has 244 valence electrons. The van der Waals surface area contributed by atoms with Gasteiger partial charge >= 0.3 is 0 Å². The number of benzene rings is 7. The van der Waals surface area contributed by atoms with Crippen molar-refractivity contribution in [2.45, 2.75) is 5.41 Å². The molecule has 2 aromatic heterocycles. The van der Waals surface area contributed by atoms with Crippen molar-refractivity contribution in [1.82, 2.24) is 15.0 Å². The first-order valence-electron chi connectivity index (χ1n) is 17.5. The van der Waals surface area contributed by atoms with E-state index in [1.54, 1.807) is 11.3 Å². The van der Waals surface area contributed by atoms with Crippen LogP contribution in [0.2, 0.25) is 0 Å². The van der Waals surface area contributed by atoms with Gasteiger partial charge in [-0.25, -0.2) is 15.0 Å². The van der Waals surface area contributed by atoms with E-state index >= 15 is 0 Å². The van der Waals surface area contributed by atoms with Crippen LogP contribution < -0.4 is 0 Å². The summed E-state index contributed by atoms with van der Waals surface area (Å²) in [5, 5.41) is 1.18. The number of hydrogen-bond donors (Lipinski definition) is 0. The summed E-state index contributed by atoms with van der Waals surface area (Å²) in [5.41, 5.74) is 10.9. The minimum atomic E-state index is -0.519. The van der Waals surface area contributed by atoms with E-state index in [9.17, 15) is 0 Å². The van der Waals surface area contributed by atoms with Gasteiger partial charge in [0.2, 0.25) is 0 Å². The van der Waals surface area contributed by atoms with Crippen molar-refractivity contribution in [2.75, 3.05) is 0 Å². The third-order valence-electron chi connectivity index (χ3n) is 10.3. The van der Waals surface area contributed by atoms with E-state index in [0.717, 1.165) is 32.7 Å².